The van der Waals surface area contributed by atoms with Crippen LogP contribution in [0.5, 0.6) is 5.88 Å². The maximum atomic E-state index is 10.2. The molecule has 0 aliphatic carbocycles. The third kappa shape index (κ3) is 2.77. The number of hydrogen-bond donors (Lipinski definition) is 2. The van der Waals surface area contributed by atoms with Crippen molar-refractivity contribution in [3.8, 4) is 23.3 Å². The normalized spacial score (nSPS) is 11.2. The molecule has 0 saturated carbocycles. The smallest absolute Gasteiger partial charge is 0.198 e. The Morgan fingerprint density at radius 3 is 2.84 bits per heavy atom. The van der Waals surface area contributed by atoms with Crippen molar-refractivity contribution in [2.75, 3.05) is 0 Å². The second-order valence-corrected chi connectivity index (χ2v) is 5.55. The Morgan fingerprint density at radius 1 is 1.12 bits per heavy atom. The molecular formula is C20H13N3O2. The molecule has 2 aromatic heterocycles. The zero-order valence-corrected chi connectivity index (χ0v) is 13.1. The summed E-state index contributed by atoms with van der Waals surface area (Å²) >= 11 is 0. The number of fused-ring (bicyclic) bond motifs is 1. The molecule has 0 aliphatic heterocycles. The van der Waals surface area contributed by atoms with E-state index in [0.29, 0.717) is 16.8 Å². The maximum Gasteiger partial charge on any atom is 0.198 e. The number of aromatic hydroxyl groups is 1. The molecular weight excluding hydrogens is 314 g/mol. The van der Waals surface area contributed by atoms with Gasteiger partial charge in [-0.3, -0.25) is 4.99 Å². The third-order valence-corrected chi connectivity index (χ3v) is 3.94. The number of benzene rings is 2. The van der Waals surface area contributed by atoms with Crippen LogP contribution in [0.2, 0.25) is 0 Å². The van der Waals surface area contributed by atoms with E-state index in [1.54, 1.807) is 36.7 Å². The lowest BCUT2D eigenvalue weighted by Crippen LogP contribution is -1.80. The minimum absolute atomic E-state index is 0.0479. The van der Waals surface area contributed by atoms with Crippen LogP contribution in [0, 0.1) is 11.3 Å². The zero-order valence-electron chi connectivity index (χ0n) is 13.1. The van der Waals surface area contributed by atoms with Crippen molar-refractivity contribution >= 4 is 22.8 Å². The van der Waals surface area contributed by atoms with Gasteiger partial charge in [-0.2, -0.15) is 5.26 Å². The number of aliphatic imine (C=N–C) groups is 1. The molecule has 0 unspecified atom stereocenters. The molecule has 2 N–H and O–H groups in total. The number of aromatic amines is 1. The molecule has 5 heteroatoms. The SMILES string of the molecule is N#Cc1cccc(N=Cc2c(O)[nH]c3cc(-c4ccco4)ccc23)c1. The van der Waals surface area contributed by atoms with Crippen molar-refractivity contribution in [1.29, 1.82) is 5.26 Å². The van der Waals surface area contributed by atoms with Gasteiger partial charge >= 0.3 is 0 Å². The number of H-pyrrole nitrogens is 1. The van der Waals surface area contributed by atoms with Gasteiger partial charge < -0.3 is 14.5 Å². The Labute approximate surface area is 143 Å². The van der Waals surface area contributed by atoms with Crippen LogP contribution >= 0.6 is 0 Å². The van der Waals surface area contributed by atoms with Crippen LogP contribution in [-0.2, 0) is 0 Å². The van der Waals surface area contributed by atoms with Gasteiger partial charge in [-0.05, 0) is 36.4 Å². The van der Waals surface area contributed by atoms with Gasteiger partial charge in [0, 0.05) is 22.7 Å². The number of nitrogens with one attached hydrogen (secondary N) is 1. The lowest BCUT2D eigenvalue weighted by atomic mass is 10.1. The molecule has 0 saturated heterocycles. The lowest BCUT2D eigenvalue weighted by Gasteiger charge is -1.98. The van der Waals surface area contributed by atoms with Crippen molar-refractivity contribution in [2.24, 2.45) is 4.99 Å². The Kier molecular flexibility index (Phi) is 3.56. The number of furan rings is 1. The molecule has 0 fully saturated rings. The predicted molar refractivity (Wildman–Crippen MR) is 96.1 cm³/mol. The van der Waals surface area contributed by atoms with E-state index in [1.807, 2.05) is 30.3 Å². The molecule has 4 aromatic rings. The van der Waals surface area contributed by atoms with Crippen LogP contribution < -0.4 is 0 Å². The summed E-state index contributed by atoms with van der Waals surface area (Å²) in [7, 11) is 0. The first-order valence-electron chi connectivity index (χ1n) is 7.67. The van der Waals surface area contributed by atoms with Crippen LogP contribution in [0.25, 0.3) is 22.2 Å². The minimum atomic E-state index is 0.0479. The van der Waals surface area contributed by atoms with Crippen LogP contribution in [0.4, 0.5) is 5.69 Å². The summed E-state index contributed by atoms with van der Waals surface area (Å²) < 4.78 is 5.40. The van der Waals surface area contributed by atoms with E-state index in [-0.39, 0.29) is 5.88 Å². The van der Waals surface area contributed by atoms with Gasteiger partial charge in [-0.25, -0.2) is 0 Å². The number of hydrogen-bond acceptors (Lipinski definition) is 4. The highest BCUT2D eigenvalue weighted by molar-refractivity contribution is 6.03. The van der Waals surface area contributed by atoms with Gasteiger partial charge in [-0.1, -0.05) is 18.2 Å². The Bertz CT molecular complexity index is 1120. The number of aromatic nitrogens is 1. The number of nitriles is 1. The van der Waals surface area contributed by atoms with E-state index in [1.165, 1.54) is 0 Å². The van der Waals surface area contributed by atoms with Crippen LogP contribution in [0.1, 0.15) is 11.1 Å². The van der Waals surface area contributed by atoms with Gasteiger partial charge in [0.2, 0.25) is 0 Å². The largest absolute Gasteiger partial charge is 0.494 e. The van der Waals surface area contributed by atoms with E-state index < -0.39 is 0 Å². The van der Waals surface area contributed by atoms with E-state index in [4.69, 9.17) is 9.68 Å². The summed E-state index contributed by atoms with van der Waals surface area (Å²) in [4.78, 5) is 7.32. The van der Waals surface area contributed by atoms with Crippen molar-refractivity contribution < 1.29 is 9.52 Å². The molecule has 2 heterocycles. The molecule has 0 spiro atoms. The predicted octanol–water partition coefficient (Wildman–Crippen LogP) is 4.76. The minimum Gasteiger partial charge on any atom is -0.494 e. The summed E-state index contributed by atoms with van der Waals surface area (Å²) in [6.45, 7) is 0. The summed E-state index contributed by atoms with van der Waals surface area (Å²) in [6, 6.07) is 18.6. The summed E-state index contributed by atoms with van der Waals surface area (Å²) in [5.74, 6) is 0.811. The molecule has 0 atom stereocenters. The highest BCUT2D eigenvalue weighted by atomic mass is 16.3. The molecule has 25 heavy (non-hydrogen) atoms. The van der Waals surface area contributed by atoms with Crippen molar-refractivity contribution in [2.45, 2.75) is 0 Å². The molecule has 0 radical (unpaired) electrons. The fourth-order valence-corrected chi connectivity index (χ4v) is 2.73. The molecule has 2 aromatic carbocycles. The highest BCUT2D eigenvalue weighted by Gasteiger charge is 2.11. The van der Waals surface area contributed by atoms with Crippen molar-refractivity contribution in [3.05, 3.63) is 72.0 Å². The first kappa shape index (κ1) is 14.8. The molecule has 0 amide bonds. The second kappa shape index (κ2) is 6.02. The average Bonchev–Trinajstić information content (AvgIpc) is 3.27. The molecule has 0 bridgehead atoms. The summed E-state index contributed by atoms with van der Waals surface area (Å²) in [6.07, 6.45) is 3.22. The van der Waals surface area contributed by atoms with Crippen LogP contribution in [0.15, 0.2) is 70.3 Å². The van der Waals surface area contributed by atoms with Crippen LogP contribution in [0.3, 0.4) is 0 Å². The van der Waals surface area contributed by atoms with Crippen LogP contribution in [-0.4, -0.2) is 16.3 Å². The Balaban J connectivity index is 1.73. The van der Waals surface area contributed by atoms with E-state index >= 15 is 0 Å². The van der Waals surface area contributed by atoms with Gasteiger partial charge in [0.05, 0.1) is 29.1 Å². The first-order chi connectivity index (χ1) is 12.2. The highest BCUT2D eigenvalue weighted by Crippen LogP contribution is 2.30. The van der Waals surface area contributed by atoms with E-state index in [9.17, 15) is 5.11 Å². The van der Waals surface area contributed by atoms with Gasteiger partial charge in [0.15, 0.2) is 5.88 Å². The fraction of sp³-hybridized carbons (Fsp3) is 0. The molecule has 120 valence electrons. The zero-order chi connectivity index (χ0) is 17.2. The van der Waals surface area contributed by atoms with E-state index in [0.717, 1.165) is 22.2 Å². The topological polar surface area (TPSA) is 85.3 Å². The van der Waals surface area contributed by atoms with Gasteiger partial charge in [0.1, 0.15) is 5.76 Å². The second-order valence-electron chi connectivity index (χ2n) is 5.55. The summed E-state index contributed by atoms with van der Waals surface area (Å²) in [5, 5.41) is 20.0. The summed E-state index contributed by atoms with van der Waals surface area (Å²) in [5.41, 5.74) is 3.51. The van der Waals surface area contributed by atoms with Gasteiger partial charge in [0.25, 0.3) is 0 Å². The standard InChI is InChI=1S/C20H13N3O2/c21-11-13-3-1-4-15(9-13)22-12-17-16-7-6-14(19-5-2-8-25-19)10-18(16)23-20(17)24/h1-10,12,23-24H. The Morgan fingerprint density at radius 2 is 2.04 bits per heavy atom. The van der Waals surface area contributed by atoms with Crippen molar-refractivity contribution in [1.82, 2.24) is 4.98 Å². The molecule has 0 aliphatic rings. The number of rotatable bonds is 3. The number of nitrogens with zero attached hydrogens (tertiary/aromatic N) is 2. The monoisotopic (exact) mass is 327 g/mol. The average molecular weight is 327 g/mol. The van der Waals surface area contributed by atoms with E-state index in [2.05, 4.69) is 16.0 Å². The Hall–Kier alpha value is -3.78. The van der Waals surface area contributed by atoms with Gasteiger partial charge in [-0.15, -0.1) is 0 Å². The lowest BCUT2D eigenvalue weighted by molar-refractivity contribution is 0.457. The quantitative estimate of drug-likeness (QED) is 0.532. The third-order valence-electron chi connectivity index (χ3n) is 3.94. The fourth-order valence-electron chi connectivity index (χ4n) is 2.73. The molecule has 4 rings (SSSR count). The molecule has 5 nitrogen and oxygen atoms in total. The van der Waals surface area contributed by atoms with Crippen molar-refractivity contribution in [3.63, 3.8) is 0 Å². The first-order valence-corrected chi connectivity index (χ1v) is 7.67. The maximum absolute atomic E-state index is 10.2.